The minimum absolute atomic E-state index is 0.282. The third-order valence-corrected chi connectivity index (χ3v) is 4.32. The zero-order valence-electron chi connectivity index (χ0n) is 9.92. The van der Waals surface area contributed by atoms with E-state index in [-0.39, 0.29) is 5.60 Å². The molecule has 86 valence electrons. The average Bonchev–Trinajstić information content (AvgIpc) is 2.02. The maximum Gasteiger partial charge on any atom is 0.515 e. The molecule has 0 aromatic rings. The Morgan fingerprint density at radius 3 is 1.71 bits per heavy atom. The Hall–Kier alpha value is 0.0569. The second-order valence-corrected chi connectivity index (χ2v) is 6.52. The van der Waals surface area contributed by atoms with Crippen molar-refractivity contribution < 1.29 is 13.3 Å². The van der Waals surface area contributed by atoms with Gasteiger partial charge >= 0.3 is 8.80 Å². The SMILES string of the molecule is CCO[Si](CN)(OCC)OC(C)(C)C. The Morgan fingerprint density at radius 1 is 1.07 bits per heavy atom. The monoisotopic (exact) mass is 221 g/mol. The van der Waals surface area contributed by atoms with Crippen molar-refractivity contribution in [3.05, 3.63) is 0 Å². The molecule has 0 aromatic carbocycles. The van der Waals surface area contributed by atoms with Crippen molar-refractivity contribution in [3.8, 4) is 0 Å². The van der Waals surface area contributed by atoms with E-state index in [1.54, 1.807) is 0 Å². The summed E-state index contributed by atoms with van der Waals surface area (Å²) in [5.41, 5.74) is 5.39. The van der Waals surface area contributed by atoms with Crippen molar-refractivity contribution in [2.24, 2.45) is 5.73 Å². The summed E-state index contributed by atoms with van der Waals surface area (Å²) in [6, 6.07) is 0. The van der Waals surface area contributed by atoms with E-state index in [2.05, 4.69) is 0 Å². The molecule has 2 N–H and O–H groups in total. The first-order valence-electron chi connectivity index (χ1n) is 5.07. The van der Waals surface area contributed by atoms with Crippen molar-refractivity contribution in [2.75, 3.05) is 19.4 Å². The lowest BCUT2D eigenvalue weighted by atomic mass is 10.2. The topological polar surface area (TPSA) is 53.7 Å². The van der Waals surface area contributed by atoms with E-state index in [1.807, 2.05) is 34.6 Å². The number of hydrogen-bond donors (Lipinski definition) is 1. The van der Waals surface area contributed by atoms with Gasteiger partial charge in [-0.3, -0.25) is 0 Å². The molecule has 0 saturated heterocycles. The van der Waals surface area contributed by atoms with E-state index in [4.69, 9.17) is 19.0 Å². The van der Waals surface area contributed by atoms with Crippen molar-refractivity contribution in [1.29, 1.82) is 0 Å². The smallest absolute Gasteiger partial charge is 0.373 e. The summed E-state index contributed by atoms with van der Waals surface area (Å²) in [4.78, 5) is 0. The molecule has 0 spiro atoms. The molecule has 4 nitrogen and oxygen atoms in total. The zero-order chi connectivity index (χ0) is 11.2. The molecule has 0 atom stereocenters. The Morgan fingerprint density at radius 2 is 1.50 bits per heavy atom. The molecule has 0 radical (unpaired) electrons. The van der Waals surface area contributed by atoms with Gasteiger partial charge in [0.2, 0.25) is 0 Å². The molecule has 0 aromatic heterocycles. The summed E-state index contributed by atoms with van der Waals surface area (Å²) in [6.07, 6.45) is 0.325. The Balaban J connectivity index is 4.48. The van der Waals surface area contributed by atoms with Gasteiger partial charge < -0.3 is 19.0 Å². The number of nitrogens with two attached hydrogens (primary N) is 1. The summed E-state index contributed by atoms with van der Waals surface area (Å²) in [5, 5.41) is 0. The molecular weight excluding hydrogens is 198 g/mol. The van der Waals surface area contributed by atoms with Crippen LogP contribution in [0.1, 0.15) is 34.6 Å². The normalized spacial score (nSPS) is 13.3. The quantitative estimate of drug-likeness (QED) is 0.687. The molecule has 0 rings (SSSR count). The number of rotatable bonds is 6. The maximum absolute atomic E-state index is 5.82. The fourth-order valence-corrected chi connectivity index (χ4v) is 3.50. The predicted octanol–water partition coefficient (Wildman–Crippen LogP) is 1.31. The van der Waals surface area contributed by atoms with Crippen LogP contribution in [-0.4, -0.2) is 33.8 Å². The van der Waals surface area contributed by atoms with Gasteiger partial charge in [0.15, 0.2) is 0 Å². The summed E-state index contributed by atoms with van der Waals surface area (Å²) >= 11 is 0. The predicted molar refractivity (Wildman–Crippen MR) is 58.9 cm³/mol. The first kappa shape index (κ1) is 14.1. The molecule has 0 aliphatic heterocycles. The van der Waals surface area contributed by atoms with Crippen LogP contribution in [0.5, 0.6) is 0 Å². The summed E-state index contributed by atoms with van der Waals surface area (Å²) < 4.78 is 17.0. The van der Waals surface area contributed by atoms with E-state index in [0.717, 1.165) is 0 Å². The highest BCUT2D eigenvalue weighted by molar-refractivity contribution is 6.61. The van der Waals surface area contributed by atoms with Gasteiger partial charge in [-0.1, -0.05) is 0 Å². The zero-order valence-corrected chi connectivity index (χ0v) is 10.9. The van der Waals surface area contributed by atoms with Crippen LogP contribution < -0.4 is 5.73 Å². The van der Waals surface area contributed by atoms with Gasteiger partial charge in [0.05, 0.1) is 11.8 Å². The van der Waals surface area contributed by atoms with E-state index in [9.17, 15) is 0 Å². The second-order valence-electron chi connectivity index (χ2n) is 3.97. The van der Waals surface area contributed by atoms with Crippen molar-refractivity contribution >= 4 is 8.80 Å². The van der Waals surface area contributed by atoms with E-state index in [1.165, 1.54) is 0 Å². The Bertz CT molecular complexity index is 153. The van der Waals surface area contributed by atoms with Gasteiger partial charge in [-0.2, -0.15) is 0 Å². The first-order valence-corrected chi connectivity index (χ1v) is 7.00. The van der Waals surface area contributed by atoms with Crippen LogP contribution >= 0.6 is 0 Å². The van der Waals surface area contributed by atoms with E-state index >= 15 is 0 Å². The standard InChI is InChI=1S/C9H23NO3Si/c1-6-11-14(8-10,12-7-2)13-9(3,4)5/h6-8,10H2,1-5H3. The van der Waals surface area contributed by atoms with Crippen molar-refractivity contribution in [3.63, 3.8) is 0 Å². The Labute approximate surface area is 88.1 Å². The van der Waals surface area contributed by atoms with Crippen molar-refractivity contribution in [1.82, 2.24) is 0 Å². The van der Waals surface area contributed by atoms with Gasteiger partial charge in [-0.15, -0.1) is 0 Å². The van der Waals surface area contributed by atoms with Gasteiger partial charge in [0.25, 0.3) is 0 Å². The largest absolute Gasteiger partial charge is 0.515 e. The highest BCUT2D eigenvalue weighted by Crippen LogP contribution is 2.18. The van der Waals surface area contributed by atoms with E-state index in [0.29, 0.717) is 19.4 Å². The minimum Gasteiger partial charge on any atom is -0.373 e. The van der Waals surface area contributed by atoms with Crippen LogP contribution in [-0.2, 0) is 13.3 Å². The first-order chi connectivity index (χ1) is 6.39. The molecular formula is C9H23NO3Si. The van der Waals surface area contributed by atoms with Crippen LogP contribution in [0.4, 0.5) is 0 Å². The lowest BCUT2D eigenvalue weighted by Gasteiger charge is -2.34. The fraction of sp³-hybridized carbons (Fsp3) is 1.00. The van der Waals surface area contributed by atoms with Gasteiger partial charge in [-0.25, -0.2) is 0 Å². The van der Waals surface area contributed by atoms with Crippen LogP contribution in [0, 0.1) is 0 Å². The third-order valence-electron chi connectivity index (χ3n) is 1.44. The molecule has 0 amide bonds. The lowest BCUT2D eigenvalue weighted by molar-refractivity contribution is 0.000579. The highest BCUT2D eigenvalue weighted by Gasteiger charge is 2.42. The molecule has 5 heteroatoms. The van der Waals surface area contributed by atoms with Crippen molar-refractivity contribution in [2.45, 2.75) is 40.2 Å². The van der Waals surface area contributed by atoms with Gasteiger partial charge in [0, 0.05) is 13.2 Å². The van der Waals surface area contributed by atoms with Crippen LogP contribution in [0.25, 0.3) is 0 Å². The van der Waals surface area contributed by atoms with Gasteiger partial charge in [0.1, 0.15) is 0 Å². The number of hydrogen-bond acceptors (Lipinski definition) is 4. The molecule has 0 bridgehead atoms. The minimum atomic E-state index is -2.63. The van der Waals surface area contributed by atoms with Crippen LogP contribution in [0.2, 0.25) is 0 Å². The maximum atomic E-state index is 5.82. The lowest BCUT2D eigenvalue weighted by Crippen LogP contribution is -2.56. The molecule has 0 saturated carbocycles. The highest BCUT2D eigenvalue weighted by atomic mass is 28.4. The molecule has 0 aliphatic rings. The second kappa shape index (κ2) is 5.82. The average molecular weight is 221 g/mol. The summed E-state index contributed by atoms with van der Waals surface area (Å²) in [5.74, 6) is 0. The molecule has 0 aliphatic carbocycles. The molecule has 0 unspecified atom stereocenters. The summed E-state index contributed by atoms with van der Waals surface area (Å²) in [7, 11) is -2.63. The summed E-state index contributed by atoms with van der Waals surface area (Å²) in [6.45, 7) is 10.9. The Kier molecular flexibility index (Phi) is 5.85. The van der Waals surface area contributed by atoms with Crippen LogP contribution in [0.3, 0.4) is 0 Å². The molecule has 0 fully saturated rings. The fourth-order valence-electron chi connectivity index (χ4n) is 1.17. The van der Waals surface area contributed by atoms with E-state index < -0.39 is 8.80 Å². The third kappa shape index (κ3) is 5.07. The van der Waals surface area contributed by atoms with Gasteiger partial charge in [-0.05, 0) is 34.6 Å². The molecule has 0 heterocycles. The molecule has 14 heavy (non-hydrogen) atoms. The van der Waals surface area contributed by atoms with Crippen LogP contribution in [0.15, 0.2) is 0 Å².